The molecular weight excluding hydrogens is 290 g/mol. The van der Waals surface area contributed by atoms with Crippen LogP contribution >= 0.6 is 11.3 Å². The van der Waals surface area contributed by atoms with Crippen molar-refractivity contribution in [3.63, 3.8) is 0 Å². The standard InChI is InChI=1S/C13H17N5O2S/c1-9-6-17(7-10(2)20-9)12(19)8-18-15-13(14-16-18)11-4-3-5-21-11/h3-5,9-10H,6-8H2,1-2H3. The summed E-state index contributed by atoms with van der Waals surface area (Å²) in [5, 5.41) is 14.1. The van der Waals surface area contributed by atoms with Crippen LogP contribution in [0.1, 0.15) is 13.8 Å². The average molecular weight is 307 g/mol. The molecule has 0 N–H and O–H groups in total. The lowest BCUT2D eigenvalue weighted by atomic mass is 10.2. The normalized spacial score (nSPS) is 22.5. The highest BCUT2D eigenvalue weighted by molar-refractivity contribution is 7.13. The molecule has 2 aromatic heterocycles. The van der Waals surface area contributed by atoms with E-state index in [1.807, 2.05) is 31.4 Å². The van der Waals surface area contributed by atoms with Gasteiger partial charge in [0.05, 0.1) is 17.1 Å². The van der Waals surface area contributed by atoms with E-state index in [4.69, 9.17) is 4.74 Å². The first-order chi connectivity index (χ1) is 10.1. The van der Waals surface area contributed by atoms with Crippen LogP contribution in [0.25, 0.3) is 10.7 Å². The summed E-state index contributed by atoms with van der Waals surface area (Å²) in [5.74, 6) is 0.550. The van der Waals surface area contributed by atoms with Gasteiger partial charge in [-0.05, 0) is 30.5 Å². The molecule has 7 nitrogen and oxygen atoms in total. The maximum absolute atomic E-state index is 12.3. The Morgan fingerprint density at radius 2 is 2.19 bits per heavy atom. The molecule has 1 saturated heterocycles. The quantitative estimate of drug-likeness (QED) is 0.847. The summed E-state index contributed by atoms with van der Waals surface area (Å²) in [4.78, 5) is 16.4. The molecule has 0 aromatic carbocycles. The Hall–Kier alpha value is -1.80. The molecule has 1 aliphatic heterocycles. The first-order valence-corrected chi connectivity index (χ1v) is 7.74. The van der Waals surface area contributed by atoms with E-state index in [1.54, 1.807) is 16.2 Å². The fourth-order valence-corrected chi connectivity index (χ4v) is 3.07. The van der Waals surface area contributed by atoms with E-state index in [0.717, 1.165) is 4.88 Å². The number of tetrazole rings is 1. The minimum atomic E-state index is -0.00729. The summed E-state index contributed by atoms with van der Waals surface area (Å²) in [6, 6.07) is 3.86. The molecule has 3 rings (SSSR count). The fourth-order valence-electron chi connectivity index (χ4n) is 2.42. The third-order valence-electron chi connectivity index (χ3n) is 3.24. The molecule has 2 aromatic rings. The van der Waals surface area contributed by atoms with Gasteiger partial charge in [-0.3, -0.25) is 4.79 Å². The molecule has 0 spiro atoms. The fraction of sp³-hybridized carbons (Fsp3) is 0.538. The summed E-state index contributed by atoms with van der Waals surface area (Å²) in [6.07, 6.45) is 0.117. The number of thiophene rings is 1. The predicted molar refractivity (Wildman–Crippen MR) is 77.7 cm³/mol. The number of rotatable bonds is 3. The van der Waals surface area contributed by atoms with Gasteiger partial charge in [-0.1, -0.05) is 6.07 Å². The van der Waals surface area contributed by atoms with Crippen molar-refractivity contribution in [3.8, 4) is 10.7 Å². The molecule has 1 amide bonds. The molecule has 3 heterocycles. The first-order valence-electron chi connectivity index (χ1n) is 6.86. The largest absolute Gasteiger partial charge is 0.372 e. The first kappa shape index (κ1) is 14.2. The molecule has 0 bridgehead atoms. The lowest BCUT2D eigenvalue weighted by Crippen LogP contribution is -2.49. The van der Waals surface area contributed by atoms with Crippen molar-refractivity contribution in [1.29, 1.82) is 0 Å². The number of carbonyl (C=O) groups is 1. The second kappa shape index (κ2) is 5.90. The van der Waals surface area contributed by atoms with Crippen LogP contribution in [0.5, 0.6) is 0 Å². The summed E-state index contributed by atoms with van der Waals surface area (Å²) in [7, 11) is 0. The van der Waals surface area contributed by atoms with Crippen molar-refractivity contribution in [3.05, 3.63) is 17.5 Å². The van der Waals surface area contributed by atoms with Gasteiger partial charge in [0, 0.05) is 13.1 Å². The molecule has 8 heteroatoms. The molecule has 0 saturated carbocycles. The van der Waals surface area contributed by atoms with Crippen LogP contribution in [-0.2, 0) is 16.1 Å². The molecule has 21 heavy (non-hydrogen) atoms. The van der Waals surface area contributed by atoms with E-state index in [0.29, 0.717) is 18.9 Å². The molecule has 0 radical (unpaired) electrons. The van der Waals surface area contributed by atoms with Gasteiger partial charge in [0.1, 0.15) is 6.54 Å². The number of ether oxygens (including phenoxy) is 1. The average Bonchev–Trinajstić information content (AvgIpc) is 3.07. The predicted octanol–water partition coefficient (Wildman–Crippen LogP) is 1.04. The number of carbonyl (C=O) groups excluding carboxylic acids is 1. The van der Waals surface area contributed by atoms with E-state index >= 15 is 0 Å². The Kier molecular flexibility index (Phi) is 3.98. The highest BCUT2D eigenvalue weighted by atomic mass is 32.1. The zero-order chi connectivity index (χ0) is 14.8. The molecular formula is C13H17N5O2S. The van der Waals surface area contributed by atoms with Crippen LogP contribution < -0.4 is 0 Å². The molecule has 2 atom stereocenters. The number of amides is 1. The summed E-state index contributed by atoms with van der Waals surface area (Å²) < 4.78 is 5.63. The summed E-state index contributed by atoms with van der Waals surface area (Å²) >= 11 is 1.55. The third-order valence-corrected chi connectivity index (χ3v) is 4.11. The maximum Gasteiger partial charge on any atom is 0.246 e. The van der Waals surface area contributed by atoms with Gasteiger partial charge in [-0.25, -0.2) is 0 Å². The minimum Gasteiger partial charge on any atom is -0.372 e. The highest BCUT2D eigenvalue weighted by Gasteiger charge is 2.26. The van der Waals surface area contributed by atoms with Crippen molar-refractivity contribution in [1.82, 2.24) is 25.1 Å². The minimum absolute atomic E-state index is 0.00729. The summed E-state index contributed by atoms with van der Waals surface area (Å²) in [6.45, 7) is 5.26. The van der Waals surface area contributed by atoms with Crippen molar-refractivity contribution < 1.29 is 9.53 Å². The van der Waals surface area contributed by atoms with Gasteiger partial charge in [-0.2, -0.15) is 4.80 Å². The lowest BCUT2D eigenvalue weighted by molar-refractivity contribution is -0.144. The van der Waals surface area contributed by atoms with Gasteiger partial charge in [-0.15, -0.1) is 21.5 Å². The van der Waals surface area contributed by atoms with Crippen molar-refractivity contribution in [2.24, 2.45) is 0 Å². The Labute approximate surface area is 126 Å². The van der Waals surface area contributed by atoms with Crippen LogP contribution in [0.3, 0.4) is 0 Å². The van der Waals surface area contributed by atoms with Gasteiger partial charge in [0.2, 0.25) is 11.7 Å². The molecule has 112 valence electrons. The number of morpholine rings is 1. The van der Waals surface area contributed by atoms with Crippen LogP contribution in [0, 0.1) is 0 Å². The van der Waals surface area contributed by atoms with Crippen molar-refractivity contribution in [2.45, 2.75) is 32.6 Å². The van der Waals surface area contributed by atoms with E-state index in [-0.39, 0.29) is 24.7 Å². The zero-order valence-electron chi connectivity index (χ0n) is 12.0. The Balaban J connectivity index is 1.65. The smallest absolute Gasteiger partial charge is 0.246 e. The Bertz CT molecular complexity index is 602. The number of hydrogen-bond donors (Lipinski definition) is 0. The second-order valence-electron chi connectivity index (χ2n) is 5.18. The van der Waals surface area contributed by atoms with Crippen LogP contribution in [0.2, 0.25) is 0 Å². The second-order valence-corrected chi connectivity index (χ2v) is 6.12. The third kappa shape index (κ3) is 3.27. The molecule has 1 fully saturated rings. The zero-order valence-corrected chi connectivity index (χ0v) is 12.8. The number of aromatic nitrogens is 4. The SMILES string of the molecule is CC1CN(C(=O)Cn2nnc(-c3cccs3)n2)CC(C)O1. The monoisotopic (exact) mass is 307 g/mol. The van der Waals surface area contributed by atoms with Crippen LogP contribution in [0.4, 0.5) is 0 Å². The topological polar surface area (TPSA) is 73.1 Å². The highest BCUT2D eigenvalue weighted by Crippen LogP contribution is 2.19. The van der Waals surface area contributed by atoms with E-state index in [9.17, 15) is 4.79 Å². The van der Waals surface area contributed by atoms with Gasteiger partial charge >= 0.3 is 0 Å². The van der Waals surface area contributed by atoms with E-state index in [2.05, 4.69) is 15.4 Å². The van der Waals surface area contributed by atoms with Crippen LogP contribution in [0.15, 0.2) is 17.5 Å². The van der Waals surface area contributed by atoms with Crippen molar-refractivity contribution in [2.75, 3.05) is 13.1 Å². The van der Waals surface area contributed by atoms with Crippen molar-refractivity contribution >= 4 is 17.2 Å². The Morgan fingerprint density at radius 1 is 1.43 bits per heavy atom. The molecule has 2 unspecified atom stereocenters. The maximum atomic E-state index is 12.3. The van der Waals surface area contributed by atoms with E-state index < -0.39 is 0 Å². The Morgan fingerprint density at radius 3 is 2.86 bits per heavy atom. The summed E-state index contributed by atoms with van der Waals surface area (Å²) in [5.41, 5.74) is 0. The van der Waals surface area contributed by atoms with E-state index in [1.165, 1.54) is 4.80 Å². The molecule has 0 aliphatic carbocycles. The van der Waals surface area contributed by atoms with Crippen LogP contribution in [-0.4, -0.2) is 56.3 Å². The van der Waals surface area contributed by atoms with Gasteiger partial charge in [0.25, 0.3) is 0 Å². The molecule has 1 aliphatic rings. The lowest BCUT2D eigenvalue weighted by Gasteiger charge is -2.35. The van der Waals surface area contributed by atoms with Gasteiger partial charge < -0.3 is 9.64 Å². The van der Waals surface area contributed by atoms with Gasteiger partial charge in [0.15, 0.2) is 0 Å². The number of hydrogen-bond acceptors (Lipinski definition) is 6. The number of nitrogens with zero attached hydrogens (tertiary/aromatic N) is 5.